The summed E-state index contributed by atoms with van der Waals surface area (Å²) in [6, 6.07) is 7.73. The molecule has 5 rings (SSSR count). The smallest absolute Gasteiger partial charge is 0.404 e. The number of benzene rings is 1. The summed E-state index contributed by atoms with van der Waals surface area (Å²) in [5.41, 5.74) is 3.08. The molecule has 37 heavy (non-hydrogen) atoms. The van der Waals surface area contributed by atoms with E-state index in [1.165, 1.54) is 18.2 Å². The zero-order chi connectivity index (χ0) is 26.0. The van der Waals surface area contributed by atoms with Crippen molar-refractivity contribution in [1.29, 1.82) is 0 Å². The van der Waals surface area contributed by atoms with E-state index in [9.17, 15) is 14.3 Å². The molecule has 2 aliphatic heterocycles. The van der Waals surface area contributed by atoms with Crippen molar-refractivity contribution in [3.8, 4) is 28.5 Å². The predicted molar refractivity (Wildman–Crippen MR) is 133 cm³/mol. The highest BCUT2D eigenvalue weighted by molar-refractivity contribution is 6.05. The number of carbonyl (C=O) groups excluding carboxylic acids is 1. The van der Waals surface area contributed by atoms with E-state index < -0.39 is 11.9 Å². The maximum atomic E-state index is 14.0. The van der Waals surface area contributed by atoms with Gasteiger partial charge in [-0.25, -0.2) is 0 Å². The van der Waals surface area contributed by atoms with Gasteiger partial charge in [0.05, 0.1) is 31.7 Å². The number of nitrogens with zero attached hydrogens (tertiary/aromatic N) is 3. The number of aliphatic hydroxyl groups excluding tert-OH is 1. The van der Waals surface area contributed by atoms with E-state index in [-0.39, 0.29) is 30.3 Å². The molecule has 11 heteroatoms. The molecule has 1 aromatic carbocycles. The summed E-state index contributed by atoms with van der Waals surface area (Å²) in [6.45, 7) is 5.60. The summed E-state index contributed by atoms with van der Waals surface area (Å²) < 4.78 is 35.2. The number of halogens is 1. The molecule has 1 amide bonds. The maximum absolute atomic E-state index is 14.0. The van der Waals surface area contributed by atoms with Gasteiger partial charge in [0.15, 0.2) is 11.5 Å². The number of hydrogen-bond acceptors (Lipinski definition) is 9. The Kier molecular flexibility index (Phi) is 6.81. The summed E-state index contributed by atoms with van der Waals surface area (Å²) in [6.07, 6.45) is 1.57. The highest BCUT2D eigenvalue weighted by Gasteiger charge is 2.37. The first-order valence-corrected chi connectivity index (χ1v) is 11.9. The Hall–Kier alpha value is -3.96. The molecule has 0 radical (unpaired) electrons. The number of aromatic nitrogens is 2. The van der Waals surface area contributed by atoms with Gasteiger partial charge in [0.25, 0.3) is 5.91 Å². The number of carbonyl (C=O) groups is 1. The zero-order valence-corrected chi connectivity index (χ0v) is 20.5. The first-order chi connectivity index (χ1) is 17.8. The van der Waals surface area contributed by atoms with Crippen LogP contribution in [0.15, 0.2) is 42.6 Å². The Bertz CT molecular complexity index is 1310. The van der Waals surface area contributed by atoms with Gasteiger partial charge in [-0.2, -0.15) is 9.37 Å². The van der Waals surface area contributed by atoms with Crippen molar-refractivity contribution in [3.63, 3.8) is 0 Å². The molecule has 194 valence electrons. The SMILES string of the molecule is Cc1ncc(NC(=O)c2ccc3c(c2)OC(C)(F)O3)cc1-c1cc(OCCO)nc(N2CCOCC2)c1. The number of anilines is 2. The monoisotopic (exact) mass is 510 g/mol. The average molecular weight is 511 g/mol. The molecule has 1 atom stereocenters. The van der Waals surface area contributed by atoms with Gasteiger partial charge in [0, 0.05) is 42.9 Å². The molecule has 0 spiro atoms. The van der Waals surface area contributed by atoms with Crippen LogP contribution in [0.1, 0.15) is 23.0 Å². The molecule has 2 aliphatic rings. The minimum Gasteiger partial charge on any atom is -0.475 e. The molecular formula is C26H27FN4O6. The highest BCUT2D eigenvalue weighted by atomic mass is 19.2. The van der Waals surface area contributed by atoms with E-state index in [4.69, 9.17) is 18.9 Å². The molecular weight excluding hydrogens is 483 g/mol. The topological polar surface area (TPSA) is 115 Å². The number of fused-ring (bicyclic) bond motifs is 1. The van der Waals surface area contributed by atoms with Crippen LogP contribution in [0.4, 0.5) is 15.9 Å². The minimum absolute atomic E-state index is 0.115. The second kappa shape index (κ2) is 10.2. The summed E-state index contributed by atoms with van der Waals surface area (Å²) in [4.78, 5) is 24.1. The van der Waals surface area contributed by atoms with Gasteiger partial charge >= 0.3 is 6.04 Å². The zero-order valence-electron chi connectivity index (χ0n) is 20.5. The number of aryl methyl sites for hydroxylation is 1. The number of aliphatic hydroxyl groups is 1. The van der Waals surface area contributed by atoms with Crippen molar-refractivity contribution >= 4 is 17.4 Å². The largest absolute Gasteiger partial charge is 0.475 e. The lowest BCUT2D eigenvalue weighted by molar-refractivity contribution is -0.173. The fraction of sp³-hybridized carbons (Fsp3) is 0.346. The Morgan fingerprint density at radius 2 is 1.97 bits per heavy atom. The van der Waals surface area contributed by atoms with Crippen LogP contribution in [0.2, 0.25) is 0 Å². The third kappa shape index (κ3) is 5.57. The van der Waals surface area contributed by atoms with E-state index in [0.29, 0.717) is 37.9 Å². The minimum atomic E-state index is -2.27. The Morgan fingerprint density at radius 1 is 1.19 bits per heavy atom. The molecule has 4 heterocycles. The quantitative estimate of drug-likeness (QED) is 0.494. The molecule has 1 saturated heterocycles. The van der Waals surface area contributed by atoms with Crippen molar-refractivity contribution in [2.45, 2.75) is 19.9 Å². The summed E-state index contributed by atoms with van der Waals surface area (Å²) in [5, 5.41) is 12.0. The van der Waals surface area contributed by atoms with E-state index in [1.54, 1.807) is 12.3 Å². The normalized spacial score (nSPS) is 18.5. The van der Waals surface area contributed by atoms with Crippen LogP contribution in [0.25, 0.3) is 11.1 Å². The second-order valence-corrected chi connectivity index (χ2v) is 8.74. The van der Waals surface area contributed by atoms with Crippen LogP contribution >= 0.6 is 0 Å². The number of alkyl halides is 1. The molecule has 2 N–H and O–H groups in total. The van der Waals surface area contributed by atoms with Crippen LogP contribution in [0.5, 0.6) is 17.4 Å². The van der Waals surface area contributed by atoms with E-state index in [0.717, 1.165) is 29.6 Å². The average Bonchev–Trinajstić information content (AvgIpc) is 3.21. The number of ether oxygens (including phenoxy) is 4. The van der Waals surface area contributed by atoms with Gasteiger partial charge in [-0.15, -0.1) is 0 Å². The molecule has 0 aliphatic carbocycles. The van der Waals surface area contributed by atoms with Crippen LogP contribution in [-0.4, -0.2) is 66.5 Å². The van der Waals surface area contributed by atoms with Crippen molar-refractivity contribution in [2.24, 2.45) is 0 Å². The lowest BCUT2D eigenvalue weighted by atomic mass is 10.0. The molecule has 1 fully saturated rings. The highest BCUT2D eigenvalue weighted by Crippen LogP contribution is 2.40. The number of hydrogen-bond donors (Lipinski definition) is 2. The van der Waals surface area contributed by atoms with Gasteiger partial charge in [-0.05, 0) is 42.8 Å². The van der Waals surface area contributed by atoms with Crippen LogP contribution < -0.4 is 24.4 Å². The van der Waals surface area contributed by atoms with Crippen LogP contribution in [-0.2, 0) is 4.74 Å². The Labute approximate surface area is 213 Å². The van der Waals surface area contributed by atoms with Crippen LogP contribution in [0, 0.1) is 6.92 Å². The summed E-state index contributed by atoms with van der Waals surface area (Å²) in [5.74, 6) is 1.08. The van der Waals surface area contributed by atoms with E-state index >= 15 is 0 Å². The third-order valence-electron chi connectivity index (χ3n) is 5.91. The van der Waals surface area contributed by atoms with E-state index in [2.05, 4.69) is 20.2 Å². The number of pyridine rings is 2. The second-order valence-electron chi connectivity index (χ2n) is 8.74. The Morgan fingerprint density at radius 3 is 2.76 bits per heavy atom. The number of amides is 1. The standard InChI is InChI=1S/C26H27FN4O6/c1-16-20(18-12-23(31-5-8-34-9-6-31)30-24(13-18)35-10-7-32)14-19(15-28-16)29-25(33)17-3-4-21-22(11-17)37-26(2,27)36-21/h3-4,11-15,32H,5-10H2,1-2H3,(H,29,33). The molecule has 0 bridgehead atoms. The van der Waals surface area contributed by atoms with Crippen molar-refractivity contribution in [2.75, 3.05) is 49.7 Å². The lowest BCUT2D eigenvalue weighted by Gasteiger charge is -2.28. The van der Waals surface area contributed by atoms with Crippen molar-refractivity contribution < 1.29 is 33.2 Å². The summed E-state index contributed by atoms with van der Waals surface area (Å²) in [7, 11) is 0. The third-order valence-corrected chi connectivity index (χ3v) is 5.91. The maximum Gasteiger partial charge on any atom is 0.404 e. The van der Waals surface area contributed by atoms with Gasteiger partial charge < -0.3 is 34.3 Å². The summed E-state index contributed by atoms with van der Waals surface area (Å²) >= 11 is 0. The van der Waals surface area contributed by atoms with Gasteiger partial charge in [-0.3, -0.25) is 9.78 Å². The lowest BCUT2D eigenvalue weighted by Crippen LogP contribution is -2.36. The molecule has 10 nitrogen and oxygen atoms in total. The van der Waals surface area contributed by atoms with Crippen molar-refractivity contribution in [3.05, 3.63) is 53.9 Å². The fourth-order valence-electron chi connectivity index (χ4n) is 4.15. The molecule has 0 saturated carbocycles. The number of rotatable bonds is 7. The first-order valence-electron chi connectivity index (χ1n) is 11.9. The predicted octanol–water partition coefficient (Wildman–Crippen LogP) is 3.33. The number of nitrogens with one attached hydrogen (secondary N) is 1. The fourth-order valence-corrected chi connectivity index (χ4v) is 4.15. The Balaban J connectivity index is 1.42. The molecule has 1 unspecified atom stereocenters. The first kappa shape index (κ1) is 24.7. The van der Waals surface area contributed by atoms with Crippen LogP contribution in [0.3, 0.4) is 0 Å². The van der Waals surface area contributed by atoms with Gasteiger partial charge in [-0.1, -0.05) is 0 Å². The van der Waals surface area contributed by atoms with Gasteiger partial charge in [0.1, 0.15) is 12.4 Å². The molecule has 2 aromatic heterocycles. The number of morpholine rings is 1. The van der Waals surface area contributed by atoms with Gasteiger partial charge in [0.2, 0.25) is 5.88 Å². The molecule has 3 aromatic rings. The van der Waals surface area contributed by atoms with E-state index in [1.807, 2.05) is 19.1 Å². The van der Waals surface area contributed by atoms with Crippen molar-refractivity contribution in [1.82, 2.24) is 9.97 Å².